The second-order valence-electron chi connectivity index (χ2n) is 5.05. The number of pyridine rings is 1. The molecule has 0 bridgehead atoms. The molecule has 0 radical (unpaired) electrons. The Morgan fingerprint density at radius 2 is 1.95 bits per heavy atom. The van der Waals surface area contributed by atoms with E-state index in [1.54, 1.807) is 24.5 Å². The highest BCUT2D eigenvalue weighted by molar-refractivity contribution is 5.98. The van der Waals surface area contributed by atoms with Crippen molar-refractivity contribution in [3.8, 4) is 28.1 Å². The quantitative estimate of drug-likeness (QED) is 0.759. The monoisotopic (exact) mass is 292 g/mol. The van der Waals surface area contributed by atoms with Crippen LogP contribution in [0.15, 0.2) is 48.8 Å². The van der Waals surface area contributed by atoms with Crippen molar-refractivity contribution < 1.29 is 14.6 Å². The number of carboxylic acids is 1. The normalized spacial score (nSPS) is 12.2. The minimum absolute atomic E-state index is 0.177. The molecule has 0 amide bonds. The molecule has 0 spiro atoms. The number of hydrogen-bond acceptors (Lipinski definition) is 3. The third-order valence-corrected chi connectivity index (χ3v) is 3.81. The Hall–Kier alpha value is -3.08. The smallest absolute Gasteiger partial charge is 0.352 e. The summed E-state index contributed by atoms with van der Waals surface area (Å²) in [6.45, 7) is 0.341. The molecule has 1 aliphatic rings. The van der Waals surface area contributed by atoms with Crippen molar-refractivity contribution in [1.82, 2.24) is 9.97 Å². The molecule has 1 aromatic carbocycles. The van der Waals surface area contributed by atoms with Gasteiger partial charge in [-0.1, -0.05) is 12.1 Å². The number of aromatic carboxylic acids is 1. The number of nitrogens with zero attached hydrogens (tertiary/aromatic N) is 1. The number of hydrogen-bond donors (Lipinski definition) is 2. The zero-order valence-electron chi connectivity index (χ0n) is 11.5. The van der Waals surface area contributed by atoms with Crippen LogP contribution in [0.2, 0.25) is 0 Å². The summed E-state index contributed by atoms with van der Waals surface area (Å²) in [5, 5.41) is 9.54. The van der Waals surface area contributed by atoms with Crippen LogP contribution in [0.5, 0.6) is 5.75 Å². The Morgan fingerprint density at radius 3 is 2.73 bits per heavy atom. The molecule has 108 valence electrons. The van der Waals surface area contributed by atoms with Gasteiger partial charge >= 0.3 is 5.97 Å². The number of aromatic amines is 1. The molecule has 4 rings (SSSR count). The molecule has 1 aliphatic heterocycles. The van der Waals surface area contributed by atoms with Crippen LogP contribution in [0.1, 0.15) is 16.1 Å². The number of benzene rings is 1. The van der Waals surface area contributed by atoms with Crippen molar-refractivity contribution in [3.63, 3.8) is 0 Å². The minimum atomic E-state index is -0.987. The molecule has 3 aromatic rings. The van der Waals surface area contributed by atoms with Gasteiger partial charge in [-0.05, 0) is 29.8 Å². The fourth-order valence-electron chi connectivity index (χ4n) is 2.86. The first-order valence-electron chi connectivity index (χ1n) is 6.86. The summed E-state index contributed by atoms with van der Waals surface area (Å²) in [6.07, 6.45) is 3.30. The van der Waals surface area contributed by atoms with Gasteiger partial charge in [0.25, 0.3) is 0 Å². The van der Waals surface area contributed by atoms with Crippen LogP contribution in [0.3, 0.4) is 0 Å². The van der Waals surface area contributed by atoms with Crippen molar-refractivity contribution in [3.05, 3.63) is 60.0 Å². The van der Waals surface area contributed by atoms with Gasteiger partial charge in [-0.25, -0.2) is 4.79 Å². The van der Waals surface area contributed by atoms with Crippen molar-refractivity contribution in [2.75, 3.05) is 0 Å². The molecule has 2 N–H and O–H groups in total. The third-order valence-electron chi connectivity index (χ3n) is 3.81. The Kier molecular flexibility index (Phi) is 2.72. The summed E-state index contributed by atoms with van der Waals surface area (Å²) in [5.74, 6) is -0.229. The highest BCUT2D eigenvalue weighted by Crippen LogP contribution is 2.42. The second kappa shape index (κ2) is 4.73. The van der Waals surface area contributed by atoms with E-state index in [0.717, 1.165) is 28.1 Å². The van der Waals surface area contributed by atoms with Crippen molar-refractivity contribution >= 4 is 5.97 Å². The summed E-state index contributed by atoms with van der Waals surface area (Å²) in [7, 11) is 0. The average Bonchev–Trinajstić information content (AvgIpc) is 2.96. The maximum Gasteiger partial charge on any atom is 0.352 e. The topological polar surface area (TPSA) is 75.2 Å². The Bertz CT molecular complexity index is 869. The standard InChI is InChI=1S/C17H12N2O3/c20-17(21)16-14(10-5-7-18-8-6-10)12-9-22-13-4-2-1-3-11(13)15(12)19-16/h1-8,19H,9H2,(H,20,21). The fraction of sp³-hybridized carbons (Fsp3) is 0.0588. The average molecular weight is 292 g/mol. The largest absolute Gasteiger partial charge is 0.488 e. The van der Waals surface area contributed by atoms with E-state index in [2.05, 4.69) is 9.97 Å². The third kappa shape index (κ3) is 1.79. The number of carboxylic acid groups (broad SMARTS) is 1. The number of ether oxygens (including phenoxy) is 1. The van der Waals surface area contributed by atoms with E-state index in [1.165, 1.54) is 0 Å². The number of fused-ring (bicyclic) bond motifs is 3. The fourth-order valence-corrected chi connectivity index (χ4v) is 2.86. The lowest BCUT2D eigenvalue weighted by atomic mass is 9.97. The highest BCUT2D eigenvalue weighted by atomic mass is 16.5. The van der Waals surface area contributed by atoms with Crippen LogP contribution >= 0.6 is 0 Å². The maximum atomic E-state index is 11.6. The predicted molar refractivity (Wildman–Crippen MR) is 80.8 cm³/mol. The van der Waals surface area contributed by atoms with E-state index in [9.17, 15) is 9.90 Å². The summed E-state index contributed by atoms with van der Waals surface area (Å²) < 4.78 is 5.78. The summed E-state index contributed by atoms with van der Waals surface area (Å²) in [6, 6.07) is 11.2. The predicted octanol–water partition coefficient (Wildman–Crippen LogP) is 3.33. The lowest BCUT2D eigenvalue weighted by Gasteiger charge is -2.18. The first-order chi connectivity index (χ1) is 10.8. The van der Waals surface area contributed by atoms with Crippen LogP contribution in [0.25, 0.3) is 22.4 Å². The van der Waals surface area contributed by atoms with Crippen molar-refractivity contribution in [1.29, 1.82) is 0 Å². The highest BCUT2D eigenvalue weighted by Gasteiger charge is 2.28. The van der Waals surface area contributed by atoms with Gasteiger partial charge in [-0.3, -0.25) is 4.98 Å². The van der Waals surface area contributed by atoms with Crippen molar-refractivity contribution in [2.45, 2.75) is 6.61 Å². The van der Waals surface area contributed by atoms with Gasteiger partial charge in [0.15, 0.2) is 0 Å². The van der Waals surface area contributed by atoms with Crippen LogP contribution in [0, 0.1) is 0 Å². The minimum Gasteiger partial charge on any atom is -0.488 e. The Labute approximate surface area is 126 Å². The van der Waals surface area contributed by atoms with Crippen LogP contribution in [-0.2, 0) is 6.61 Å². The number of para-hydroxylation sites is 1. The molecule has 0 aliphatic carbocycles. The molecule has 0 saturated heterocycles. The number of nitrogens with one attached hydrogen (secondary N) is 1. The summed E-state index contributed by atoms with van der Waals surface area (Å²) in [5.41, 5.74) is 4.21. The molecule has 5 nitrogen and oxygen atoms in total. The summed E-state index contributed by atoms with van der Waals surface area (Å²) >= 11 is 0. The van der Waals surface area contributed by atoms with E-state index < -0.39 is 5.97 Å². The van der Waals surface area contributed by atoms with E-state index in [1.807, 2.05) is 24.3 Å². The first-order valence-corrected chi connectivity index (χ1v) is 6.86. The summed E-state index contributed by atoms with van der Waals surface area (Å²) in [4.78, 5) is 18.7. The zero-order valence-corrected chi connectivity index (χ0v) is 11.5. The van der Waals surface area contributed by atoms with Gasteiger partial charge < -0.3 is 14.8 Å². The lowest BCUT2D eigenvalue weighted by molar-refractivity contribution is 0.0692. The van der Waals surface area contributed by atoms with Crippen molar-refractivity contribution in [2.24, 2.45) is 0 Å². The number of aromatic nitrogens is 2. The molecule has 5 heteroatoms. The van der Waals surface area contributed by atoms with Gasteiger partial charge in [0.2, 0.25) is 0 Å². The first kappa shape index (κ1) is 12.6. The van der Waals surface area contributed by atoms with E-state index in [4.69, 9.17) is 4.74 Å². The van der Waals surface area contributed by atoms with Gasteiger partial charge in [0.05, 0.1) is 5.69 Å². The molecular weight excluding hydrogens is 280 g/mol. The van der Waals surface area contributed by atoms with Crippen LogP contribution in [-0.4, -0.2) is 21.0 Å². The van der Waals surface area contributed by atoms with Gasteiger partial charge in [-0.2, -0.15) is 0 Å². The molecule has 2 aromatic heterocycles. The van der Waals surface area contributed by atoms with Crippen LogP contribution in [0.4, 0.5) is 0 Å². The van der Waals surface area contributed by atoms with E-state index in [0.29, 0.717) is 12.2 Å². The molecule has 0 fully saturated rings. The molecule has 22 heavy (non-hydrogen) atoms. The second-order valence-corrected chi connectivity index (χ2v) is 5.05. The Balaban J connectivity index is 2.01. The lowest BCUT2D eigenvalue weighted by Crippen LogP contribution is -2.05. The Morgan fingerprint density at radius 1 is 1.18 bits per heavy atom. The number of carbonyl (C=O) groups is 1. The molecular formula is C17H12N2O3. The van der Waals surface area contributed by atoms with E-state index >= 15 is 0 Å². The number of H-pyrrole nitrogens is 1. The molecule has 3 heterocycles. The van der Waals surface area contributed by atoms with Crippen LogP contribution < -0.4 is 4.74 Å². The van der Waals surface area contributed by atoms with Gasteiger partial charge in [-0.15, -0.1) is 0 Å². The molecule has 0 saturated carbocycles. The van der Waals surface area contributed by atoms with Gasteiger partial charge in [0.1, 0.15) is 18.1 Å². The molecule has 0 atom stereocenters. The zero-order chi connectivity index (χ0) is 15.1. The SMILES string of the molecule is O=C(O)c1[nH]c2c(c1-c1ccncc1)COc1ccccc1-2. The van der Waals surface area contributed by atoms with Gasteiger partial charge in [0, 0.05) is 29.1 Å². The molecule has 0 unspecified atom stereocenters. The number of rotatable bonds is 2. The maximum absolute atomic E-state index is 11.6. The van der Waals surface area contributed by atoms with E-state index in [-0.39, 0.29) is 5.69 Å².